The van der Waals surface area contributed by atoms with Crippen molar-refractivity contribution >= 4 is 68.1 Å². The van der Waals surface area contributed by atoms with E-state index in [0.29, 0.717) is 16.1 Å². The Balaban J connectivity index is 1.39. The molecule has 7 nitrogen and oxygen atoms in total. The summed E-state index contributed by atoms with van der Waals surface area (Å²) in [6, 6.07) is 16.5. The van der Waals surface area contributed by atoms with E-state index in [4.69, 9.17) is 0 Å². The van der Waals surface area contributed by atoms with E-state index in [2.05, 4.69) is 21.2 Å². The van der Waals surface area contributed by atoms with Crippen LogP contribution in [0.4, 0.5) is 28.9 Å². The largest absolute Gasteiger partial charge is 0.418 e. The maximum atomic E-state index is 13.9. The molecule has 6 rings (SSSR count). The fourth-order valence-electron chi connectivity index (χ4n) is 5.30. The summed E-state index contributed by atoms with van der Waals surface area (Å²) in [6.45, 7) is -0.629. The molecule has 3 atom stereocenters. The molecule has 0 aliphatic carbocycles. The van der Waals surface area contributed by atoms with Gasteiger partial charge in [0.2, 0.25) is 17.7 Å². The molecule has 14 heteroatoms. The smallest absolute Gasteiger partial charge is 0.324 e. The van der Waals surface area contributed by atoms with Crippen molar-refractivity contribution in [2.75, 3.05) is 10.2 Å². The number of carbonyl (C=O) groups is 3. The van der Waals surface area contributed by atoms with Crippen molar-refractivity contribution in [3.63, 3.8) is 0 Å². The summed E-state index contributed by atoms with van der Waals surface area (Å²) in [4.78, 5) is 54.7. The molecule has 3 heterocycles. The van der Waals surface area contributed by atoms with Crippen LogP contribution in [0.25, 0.3) is 0 Å². The van der Waals surface area contributed by atoms with E-state index in [1.54, 1.807) is 24.3 Å². The number of aromatic nitrogens is 1. The first-order valence-corrected chi connectivity index (χ1v) is 15.2. The van der Waals surface area contributed by atoms with E-state index in [1.807, 2.05) is 0 Å². The molecule has 3 amide bonds. The van der Waals surface area contributed by atoms with Gasteiger partial charge in [-0.2, -0.15) is 13.2 Å². The van der Waals surface area contributed by atoms with Crippen molar-refractivity contribution in [3.8, 4) is 0 Å². The van der Waals surface area contributed by atoms with Crippen LogP contribution in [0.15, 0.2) is 87.1 Å². The Hall–Kier alpha value is -3.75. The summed E-state index contributed by atoms with van der Waals surface area (Å²) < 4.78 is 56.1. The number of carbonyl (C=O) groups excluding carboxylic acids is 3. The van der Waals surface area contributed by atoms with E-state index in [1.165, 1.54) is 36.4 Å². The van der Waals surface area contributed by atoms with Gasteiger partial charge in [-0.1, -0.05) is 63.3 Å². The summed E-state index contributed by atoms with van der Waals surface area (Å²) in [5, 5.41) is 1.51. The van der Waals surface area contributed by atoms with Crippen molar-refractivity contribution in [2.24, 2.45) is 5.92 Å². The van der Waals surface area contributed by atoms with Crippen LogP contribution in [0, 0.1) is 11.7 Å². The molecule has 0 saturated carbocycles. The number of anilines is 2. The third-order valence-electron chi connectivity index (χ3n) is 7.17. The molecule has 43 heavy (non-hydrogen) atoms. The van der Waals surface area contributed by atoms with Crippen LogP contribution in [-0.2, 0) is 27.1 Å². The van der Waals surface area contributed by atoms with E-state index >= 15 is 0 Å². The number of thioether (sulfide) groups is 1. The number of para-hydroxylation sites is 1. The second-order valence-electron chi connectivity index (χ2n) is 9.80. The lowest BCUT2D eigenvalue weighted by atomic mass is 9.83. The van der Waals surface area contributed by atoms with Gasteiger partial charge in [0, 0.05) is 15.3 Å². The zero-order chi connectivity index (χ0) is 30.6. The summed E-state index contributed by atoms with van der Waals surface area (Å²) in [7, 11) is 0. The molecule has 4 aromatic rings. The number of alkyl halides is 3. The number of thiazole rings is 1. The lowest BCUT2D eigenvalue weighted by Crippen LogP contribution is -2.33. The fourth-order valence-corrected chi connectivity index (χ4v) is 8.34. The minimum Gasteiger partial charge on any atom is -0.324 e. The zero-order valence-electron chi connectivity index (χ0n) is 21.6. The highest BCUT2D eigenvalue weighted by molar-refractivity contribution is 9.10. The van der Waals surface area contributed by atoms with Gasteiger partial charge >= 0.3 is 11.0 Å². The van der Waals surface area contributed by atoms with Crippen molar-refractivity contribution in [2.45, 2.75) is 28.9 Å². The number of hydrogen-bond acceptors (Lipinski definition) is 6. The Morgan fingerprint density at radius 3 is 2.28 bits per heavy atom. The van der Waals surface area contributed by atoms with E-state index in [-0.39, 0.29) is 5.03 Å². The number of amides is 3. The molecule has 0 spiro atoms. The Bertz CT molecular complexity index is 1820. The summed E-state index contributed by atoms with van der Waals surface area (Å²) >= 11 is 5.07. The number of fused-ring (bicyclic) bond motifs is 2. The second-order valence-corrected chi connectivity index (χ2v) is 12.8. The van der Waals surface area contributed by atoms with Gasteiger partial charge in [-0.3, -0.25) is 23.7 Å². The molecule has 220 valence electrons. The third kappa shape index (κ3) is 5.31. The number of nitrogens with one attached hydrogen (secondary N) is 1. The summed E-state index contributed by atoms with van der Waals surface area (Å²) in [6.07, 6.45) is -4.72. The highest BCUT2D eigenvalue weighted by Crippen LogP contribution is 2.54. The van der Waals surface area contributed by atoms with Crippen molar-refractivity contribution in [1.29, 1.82) is 0 Å². The van der Waals surface area contributed by atoms with E-state index < -0.39 is 69.5 Å². The first kappa shape index (κ1) is 29.3. The Kier molecular flexibility index (Phi) is 7.55. The van der Waals surface area contributed by atoms with Crippen LogP contribution >= 0.6 is 39.0 Å². The Morgan fingerprint density at radius 2 is 1.60 bits per heavy atom. The Labute approximate surface area is 257 Å². The van der Waals surface area contributed by atoms with Gasteiger partial charge in [0.15, 0.2) is 0 Å². The van der Waals surface area contributed by atoms with Crippen LogP contribution in [0.2, 0.25) is 0 Å². The van der Waals surface area contributed by atoms with Gasteiger partial charge in [-0.25, -0.2) is 9.29 Å². The first-order chi connectivity index (χ1) is 20.4. The second kappa shape index (κ2) is 11.1. The minimum absolute atomic E-state index is 0.253. The van der Waals surface area contributed by atoms with Crippen molar-refractivity contribution < 1.29 is 31.9 Å². The van der Waals surface area contributed by atoms with Gasteiger partial charge in [-0.15, -0.1) is 0 Å². The summed E-state index contributed by atoms with van der Waals surface area (Å²) in [5.41, 5.74) is -0.654. The van der Waals surface area contributed by atoms with Crippen LogP contribution < -0.4 is 15.1 Å². The SMILES string of the molecule is O=C(Cn1c2c(sc1=O)[C@H](c1ccc(F)cc1)C1C(=O)N(c3ccc(Br)cc3)C(=O)C1S2)Nc1ccccc1C(F)(F)F. The maximum absolute atomic E-state index is 13.9. The monoisotopic (exact) mass is 691 g/mol. The molecule has 1 N–H and O–H groups in total. The molecule has 2 unspecified atom stereocenters. The average Bonchev–Trinajstić information content (AvgIpc) is 3.40. The number of hydrogen-bond donors (Lipinski definition) is 1. The quantitative estimate of drug-likeness (QED) is 0.197. The van der Waals surface area contributed by atoms with Crippen molar-refractivity contribution in [1.82, 2.24) is 4.57 Å². The van der Waals surface area contributed by atoms with E-state index in [0.717, 1.165) is 49.2 Å². The van der Waals surface area contributed by atoms with Crippen LogP contribution in [0.3, 0.4) is 0 Å². The third-order valence-corrected chi connectivity index (χ3v) is 10.3. The molecular formula is C29H18BrF4N3O4S2. The highest BCUT2D eigenvalue weighted by Gasteiger charge is 2.56. The molecular weight excluding hydrogens is 674 g/mol. The lowest BCUT2D eigenvalue weighted by Gasteiger charge is -2.30. The predicted octanol–water partition coefficient (Wildman–Crippen LogP) is 6.26. The normalized spacial score (nSPS) is 19.7. The molecule has 2 aliphatic rings. The Morgan fingerprint density at radius 1 is 0.930 bits per heavy atom. The highest BCUT2D eigenvalue weighted by atomic mass is 79.9. The van der Waals surface area contributed by atoms with Gasteiger partial charge in [0.1, 0.15) is 17.6 Å². The summed E-state index contributed by atoms with van der Waals surface area (Å²) in [5.74, 6) is -4.15. The van der Waals surface area contributed by atoms with Crippen LogP contribution in [-0.4, -0.2) is 27.5 Å². The minimum atomic E-state index is -4.72. The number of halogens is 5. The lowest BCUT2D eigenvalue weighted by molar-refractivity contribution is -0.137. The molecule has 1 fully saturated rings. The van der Waals surface area contributed by atoms with Crippen LogP contribution in [0.1, 0.15) is 21.9 Å². The predicted molar refractivity (Wildman–Crippen MR) is 157 cm³/mol. The molecule has 1 saturated heterocycles. The molecule has 0 bridgehead atoms. The maximum Gasteiger partial charge on any atom is 0.418 e. The van der Waals surface area contributed by atoms with Gasteiger partial charge in [0.25, 0.3) is 0 Å². The molecule has 1 aromatic heterocycles. The van der Waals surface area contributed by atoms with Crippen LogP contribution in [0.5, 0.6) is 0 Å². The van der Waals surface area contributed by atoms with Gasteiger partial charge < -0.3 is 5.32 Å². The topological polar surface area (TPSA) is 88.5 Å². The number of nitrogens with zero attached hydrogens (tertiary/aromatic N) is 2. The molecule has 3 aromatic carbocycles. The first-order valence-electron chi connectivity index (χ1n) is 12.7. The van der Waals surface area contributed by atoms with Gasteiger partial charge in [-0.05, 0) is 54.1 Å². The number of imide groups is 1. The zero-order valence-corrected chi connectivity index (χ0v) is 24.8. The fraction of sp³-hybridized carbons (Fsp3) is 0.172. The average molecular weight is 693 g/mol. The van der Waals surface area contributed by atoms with Gasteiger partial charge in [0.05, 0.1) is 27.9 Å². The van der Waals surface area contributed by atoms with E-state index in [9.17, 15) is 36.7 Å². The number of benzene rings is 3. The molecule has 0 radical (unpaired) electrons. The standard InChI is InChI=1S/C29H18BrF4N3O4S2/c30-15-7-11-17(12-8-15)37-25(39)22-21(14-5-9-16(31)10-6-14)24-27(42-23(22)26(37)40)36(28(41)43-24)13-20(38)35-19-4-2-1-3-18(19)29(32,33)34/h1-12,21-23H,13H2,(H,35,38)/t21-,22?,23?/m1/s1. The molecule has 2 aliphatic heterocycles. The number of rotatable bonds is 5. The van der Waals surface area contributed by atoms with Crippen molar-refractivity contribution in [3.05, 3.63) is 109 Å².